The maximum Gasteiger partial charge on any atom is 0.335 e. The van der Waals surface area contributed by atoms with Crippen molar-refractivity contribution in [1.29, 1.82) is 0 Å². The van der Waals surface area contributed by atoms with E-state index in [1.807, 2.05) is 0 Å². The summed E-state index contributed by atoms with van der Waals surface area (Å²) in [5.41, 5.74) is 3.64. The van der Waals surface area contributed by atoms with Gasteiger partial charge in [-0.3, -0.25) is 4.98 Å². The monoisotopic (exact) mass is 379 g/mol. The second-order valence-electron chi connectivity index (χ2n) is 8.47. The van der Waals surface area contributed by atoms with Gasteiger partial charge in [0.25, 0.3) is 0 Å². The van der Waals surface area contributed by atoms with Crippen LogP contribution in [0.1, 0.15) is 73.5 Å². The van der Waals surface area contributed by atoms with E-state index in [9.17, 15) is 10.0 Å². The molecule has 0 amide bonds. The zero-order chi connectivity index (χ0) is 20.5. The summed E-state index contributed by atoms with van der Waals surface area (Å²) in [5, 5.41) is 21.9. The van der Waals surface area contributed by atoms with E-state index in [0.717, 1.165) is 29.8 Å². The second kappa shape index (κ2) is 7.19. The Hall–Kier alpha value is -3.02. The van der Waals surface area contributed by atoms with Gasteiger partial charge in [-0.05, 0) is 36.6 Å². The van der Waals surface area contributed by atoms with Gasteiger partial charge in [-0.1, -0.05) is 51.1 Å². The Morgan fingerprint density at radius 3 is 2.25 bits per heavy atom. The highest BCUT2D eigenvalue weighted by Gasteiger charge is 2.39. The Bertz CT molecular complexity index is 957. The molecule has 0 spiro atoms. The van der Waals surface area contributed by atoms with E-state index in [0.29, 0.717) is 11.4 Å². The molecule has 1 aromatic carbocycles. The molecule has 0 bridgehead atoms. The Balaban J connectivity index is 1.92. The lowest BCUT2D eigenvalue weighted by atomic mass is 9.67. The molecule has 0 aliphatic heterocycles. The fourth-order valence-electron chi connectivity index (χ4n) is 3.42. The predicted molar refractivity (Wildman–Crippen MR) is 108 cm³/mol. The molecule has 6 nitrogen and oxygen atoms in total. The predicted octanol–water partition coefficient (Wildman–Crippen LogP) is 4.42. The molecular formula is C22H25N3O3. The SMILES string of the molecule is CC1(C)CCC(C)(C)c2nc(C(/C=C\c3ccc(C(=O)O)cc3)=NO)cnc21. The number of allylic oxidation sites excluding steroid dienone is 1. The van der Waals surface area contributed by atoms with Crippen LogP contribution in [-0.4, -0.2) is 32.0 Å². The normalized spacial score (nSPS) is 18.1. The van der Waals surface area contributed by atoms with Gasteiger partial charge in [0, 0.05) is 10.8 Å². The number of nitrogens with zero attached hydrogens (tertiary/aromatic N) is 3. The Morgan fingerprint density at radius 1 is 1.07 bits per heavy atom. The molecular weight excluding hydrogens is 354 g/mol. The van der Waals surface area contributed by atoms with E-state index in [-0.39, 0.29) is 16.4 Å². The lowest BCUT2D eigenvalue weighted by molar-refractivity contribution is 0.0697. The Morgan fingerprint density at radius 2 is 1.68 bits per heavy atom. The highest BCUT2D eigenvalue weighted by atomic mass is 16.4. The highest BCUT2D eigenvalue weighted by molar-refractivity contribution is 6.09. The highest BCUT2D eigenvalue weighted by Crippen LogP contribution is 2.43. The summed E-state index contributed by atoms with van der Waals surface area (Å²) in [7, 11) is 0. The largest absolute Gasteiger partial charge is 0.478 e. The minimum Gasteiger partial charge on any atom is -0.478 e. The van der Waals surface area contributed by atoms with Crippen LogP contribution in [-0.2, 0) is 10.8 Å². The Labute approximate surface area is 164 Å². The topological polar surface area (TPSA) is 95.7 Å². The van der Waals surface area contributed by atoms with Crippen molar-refractivity contribution in [3.05, 3.63) is 64.7 Å². The standard InChI is InChI=1S/C22H25N3O3/c1-21(2)11-12-22(3,4)19-18(21)23-13-17(24-19)16(25-28)10-7-14-5-8-15(9-6-14)20(26)27/h5-10,13,28H,11-12H2,1-4H3,(H,26,27)/b10-7-,25-16?. The first-order chi connectivity index (χ1) is 13.1. The van der Waals surface area contributed by atoms with Crippen LogP contribution in [0.2, 0.25) is 0 Å². The van der Waals surface area contributed by atoms with Gasteiger partial charge in [-0.2, -0.15) is 0 Å². The van der Waals surface area contributed by atoms with Crippen LogP contribution in [0.4, 0.5) is 0 Å². The number of hydrogen-bond acceptors (Lipinski definition) is 5. The molecule has 0 atom stereocenters. The van der Waals surface area contributed by atoms with Crippen LogP contribution < -0.4 is 0 Å². The summed E-state index contributed by atoms with van der Waals surface area (Å²) in [5.74, 6) is -0.969. The van der Waals surface area contributed by atoms with Crippen LogP contribution in [0.3, 0.4) is 0 Å². The lowest BCUT2D eigenvalue weighted by Crippen LogP contribution is -2.36. The van der Waals surface area contributed by atoms with Crippen molar-refractivity contribution in [3.8, 4) is 0 Å². The molecule has 2 N–H and O–H groups in total. The molecule has 3 rings (SSSR count). The molecule has 6 heteroatoms. The number of carboxylic acid groups (broad SMARTS) is 1. The van der Waals surface area contributed by atoms with Gasteiger partial charge in [-0.25, -0.2) is 9.78 Å². The van der Waals surface area contributed by atoms with Gasteiger partial charge in [0.15, 0.2) is 0 Å². The minimum atomic E-state index is -0.969. The average molecular weight is 379 g/mol. The second-order valence-corrected chi connectivity index (χ2v) is 8.47. The molecule has 146 valence electrons. The molecule has 1 heterocycles. The van der Waals surface area contributed by atoms with Gasteiger partial charge in [0.2, 0.25) is 0 Å². The van der Waals surface area contributed by atoms with Crippen molar-refractivity contribution in [2.75, 3.05) is 0 Å². The van der Waals surface area contributed by atoms with Gasteiger partial charge in [0.1, 0.15) is 11.4 Å². The van der Waals surface area contributed by atoms with E-state index in [1.165, 1.54) is 12.1 Å². The molecule has 0 saturated heterocycles. The number of oxime groups is 1. The number of carbonyl (C=O) groups is 1. The first-order valence-corrected chi connectivity index (χ1v) is 9.26. The van der Waals surface area contributed by atoms with Crippen LogP contribution in [0, 0.1) is 0 Å². The third-order valence-corrected chi connectivity index (χ3v) is 5.39. The van der Waals surface area contributed by atoms with Crippen LogP contribution in [0.25, 0.3) is 6.08 Å². The van der Waals surface area contributed by atoms with Crippen molar-refractivity contribution >= 4 is 17.8 Å². The minimum absolute atomic E-state index is 0.0331. The number of hydrogen-bond donors (Lipinski definition) is 2. The summed E-state index contributed by atoms with van der Waals surface area (Å²) < 4.78 is 0. The molecule has 1 aliphatic rings. The fraction of sp³-hybridized carbons (Fsp3) is 0.364. The summed E-state index contributed by atoms with van der Waals surface area (Å²) >= 11 is 0. The van der Waals surface area contributed by atoms with Crippen molar-refractivity contribution in [1.82, 2.24) is 9.97 Å². The van der Waals surface area contributed by atoms with E-state index in [2.05, 4.69) is 37.8 Å². The third kappa shape index (κ3) is 3.81. The fourth-order valence-corrected chi connectivity index (χ4v) is 3.42. The molecule has 0 radical (unpaired) electrons. The smallest absolute Gasteiger partial charge is 0.335 e. The zero-order valence-corrected chi connectivity index (χ0v) is 16.6. The Kier molecular flexibility index (Phi) is 5.06. The number of carboxylic acids is 1. The van der Waals surface area contributed by atoms with Crippen LogP contribution >= 0.6 is 0 Å². The quantitative estimate of drug-likeness (QED) is 0.466. The van der Waals surface area contributed by atoms with Crippen molar-refractivity contribution in [2.24, 2.45) is 5.16 Å². The number of benzene rings is 1. The molecule has 0 saturated carbocycles. The summed E-state index contributed by atoms with van der Waals surface area (Å²) in [6.45, 7) is 8.68. The van der Waals surface area contributed by atoms with E-state index >= 15 is 0 Å². The maximum atomic E-state index is 10.9. The average Bonchev–Trinajstić information content (AvgIpc) is 2.66. The summed E-state index contributed by atoms with van der Waals surface area (Å²) in [6.07, 6.45) is 7.11. The van der Waals surface area contributed by atoms with E-state index in [4.69, 9.17) is 10.1 Å². The molecule has 2 aromatic rings. The first-order valence-electron chi connectivity index (χ1n) is 9.26. The van der Waals surface area contributed by atoms with E-state index in [1.54, 1.807) is 30.5 Å². The number of fused-ring (bicyclic) bond motifs is 1. The van der Waals surface area contributed by atoms with Gasteiger partial charge in [0.05, 0.1) is 23.1 Å². The van der Waals surface area contributed by atoms with Crippen molar-refractivity contribution in [2.45, 2.75) is 51.4 Å². The third-order valence-electron chi connectivity index (χ3n) is 5.39. The zero-order valence-electron chi connectivity index (χ0n) is 16.6. The van der Waals surface area contributed by atoms with Crippen molar-refractivity contribution < 1.29 is 15.1 Å². The van der Waals surface area contributed by atoms with Crippen molar-refractivity contribution in [3.63, 3.8) is 0 Å². The molecule has 0 unspecified atom stereocenters. The van der Waals surface area contributed by atoms with Crippen LogP contribution in [0.5, 0.6) is 0 Å². The van der Waals surface area contributed by atoms with E-state index < -0.39 is 5.97 Å². The summed E-state index contributed by atoms with van der Waals surface area (Å²) in [6, 6.07) is 6.44. The number of aromatic nitrogens is 2. The maximum absolute atomic E-state index is 10.9. The molecule has 28 heavy (non-hydrogen) atoms. The number of aromatic carboxylic acids is 1. The molecule has 0 fully saturated rings. The summed E-state index contributed by atoms with van der Waals surface area (Å²) in [4.78, 5) is 20.4. The first kappa shape index (κ1) is 19.7. The van der Waals surface area contributed by atoms with Gasteiger partial charge >= 0.3 is 5.97 Å². The van der Waals surface area contributed by atoms with Gasteiger partial charge in [-0.15, -0.1) is 0 Å². The lowest BCUT2D eigenvalue weighted by Gasteiger charge is -2.39. The number of rotatable bonds is 4. The van der Waals surface area contributed by atoms with Gasteiger partial charge < -0.3 is 10.3 Å². The molecule has 1 aromatic heterocycles. The van der Waals surface area contributed by atoms with Crippen LogP contribution in [0.15, 0.2) is 41.7 Å². The molecule has 1 aliphatic carbocycles.